The van der Waals surface area contributed by atoms with Crippen LogP contribution in [0.1, 0.15) is 13.8 Å². The van der Waals surface area contributed by atoms with E-state index in [4.69, 9.17) is 27.9 Å². The van der Waals surface area contributed by atoms with E-state index >= 15 is 0 Å². The van der Waals surface area contributed by atoms with Crippen molar-refractivity contribution >= 4 is 46.8 Å². The predicted octanol–water partition coefficient (Wildman–Crippen LogP) is 1.79. The van der Waals surface area contributed by atoms with Gasteiger partial charge in [-0.1, -0.05) is 23.2 Å². The lowest BCUT2D eigenvalue weighted by Gasteiger charge is -2.34. The molecule has 3 N–H and O–H groups in total. The lowest BCUT2D eigenvalue weighted by Crippen LogP contribution is -2.67. The van der Waals surface area contributed by atoms with E-state index in [-0.39, 0.29) is 27.6 Å². The molecule has 0 radical (unpaired) electrons. The number of imide groups is 1. The Balaban J connectivity index is 2.51. The van der Waals surface area contributed by atoms with Gasteiger partial charge in [0.05, 0.1) is 21.8 Å². The molecular formula is C13H13Cl2N3O5. The second-order valence-corrected chi connectivity index (χ2v) is 5.76. The van der Waals surface area contributed by atoms with Crippen molar-refractivity contribution in [1.82, 2.24) is 10.7 Å². The zero-order valence-corrected chi connectivity index (χ0v) is 13.6. The number of carboxylic acid groups (broad SMARTS) is 1. The molecule has 2 rings (SSSR count). The number of urea groups is 1. The van der Waals surface area contributed by atoms with Crippen LogP contribution in [0.3, 0.4) is 0 Å². The van der Waals surface area contributed by atoms with Gasteiger partial charge in [0.25, 0.3) is 5.91 Å². The molecule has 1 unspecified atom stereocenters. The molecule has 10 heteroatoms. The highest BCUT2D eigenvalue weighted by molar-refractivity contribution is 6.37. The molecule has 0 aromatic heterocycles. The van der Waals surface area contributed by atoms with E-state index in [0.717, 1.165) is 5.01 Å². The average molecular weight is 362 g/mol. The number of anilines is 1. The van der Waals surface area contributed by atoms with E-state index < -0.39 is 23.9 Å². The highest BCUT2D eigenvalue weighted by Gasteiger charge is 2.40. The van der Waals surface area contributed by atoms with Crippen molar-refractivity contribution < 1.29 is 24.2 Å². The number of hydrogen-bond donors (Lipinski definition) is 3. The normalized spacial score (nSPS) is 17.8. The molecule has 1 heterocycles. The number of amides is 3. The molecule has 1 fully saturated rings. The van der Waals surface area contributed by atoms with Crippen LogP contribution in [0.15, 0.2) is 12.1 Å². The molecule has 0 saturated carbocycles. The summed E-state index contributed by atoms with van der Waals surface area (Å²) in [5.41, 5.74) is 2.31. The number of aliphatic carboxylic acids is 1. The van der Waals surface area contributed by atoms with E-state index in [1.165, 1.54) is 12.1 Å². The number of carboxylic acids is 1. The summed E-state index contributed by atoms with van der Waals surface area (Å²) in [4.78, 5) is 34.6. The number of nitrogens with one attached hydrogen (secondary N) is 2. The second kappa shape index (κ2) is 6.51. The molecule has 8 nitrogen and oxygen atoms in total. The van der Waals surface area contributed by atoms with Crippen molar-refractivity contribution in [3.05, 3.63) is 22.2 Å². The molecular weight excluding hydrogens is 349 g/mol. The van der Waals surface area contributed by atoms with Crippen LogP contribution in [-0.2, 0) is 9.59 Å². The highest BCUT2D eigenvalue weighted by Crippen LogP contribution is 2.37. The number of benzene rings is 1. The van der Waals surface area contributed by atoms with Crippen LogP contribution in [0.4, 0.5) is 10.5 Å². The zero-order valence-electron chi connectivity index (χ0n) is 12.1. The summed E-state index contributed by atoms with van der Waals surface area (Å²) in [6.07, 6.45) is -0.198. The number of carbonyl (C=O) groups excluding carboxylic acids is 2. The van der Waals surface area contributed by atoms with Crippen molar-refractivity contribution in [2.75, 3.05) is 5.01 Å². The maximum absolute atomic E-state index is 11.8. The summed E-state index contributed by atoms with van der Waals surface area (Å²) in [5, 5.41) is 12.2. The number of halogens is 2. The molecule has 1 aromatic rings. The molecule has 1 aliphatic rings. The largest absolute Gasteiger partial charge is 0.489 e. The van der Waals surface area contributed by atoms with Gasteiger partial charge in [0.1, 0.15) is 5.75 Å². The fraction of sp³-hybridized carbons (Fsp3) is 0.308. The van der Waals surface area contributed by atoms with Gasteiger partial charge in [0, 0.05) is 6.07 Å². The Labute approximate surface area is 141 Å². The summed E-state index contributed by atoms with van der Waals surface area (Å²) < 4.78 is 5.50. The zero-order chi connectivity index (χ0) is 17.3. The van der Waals surface area contributed by atoms with E-state index in [1.54, 1.807) is 13.8 Å². The molecule has 0 aliphatic carbocycles. The Kier molecular flexibility index (Phi) is 4.86. The summed E-state index contributed by atoms with van der Waals surface area (Å²) >= 11 is 12.1. The fourth-order valence-corrected chi connectivity index (χ4v) is 2.49. The Morgan fingerprint density at radius 3 is 2.52 bits per heavy atom. The average Bonchev–Trinajstić information content (AvgIpc) is 2.39. The maximum Gasteiger partial charge on any atom is 0.340 e. The molecule has 1 aromatic carbocycles. The fourth-order valence-electron chi connectivity index (χ4n) is 1.97. The Hall–Kier alpha value is -2.19. The topological polar surface area (TPSA) is 108 Å². The SMILES string of the molecule is CC(C)Oc1cc(N2NC(=O)NC(=O)C2C(=O)O)c(Cl)cc1Cl. The maximum atomic E-state index is 11.8. The van der Waals surface area contributed by atoms with Crippen molar-refractivity contribution in [3.63, 3.8) is 0 Å². The van der Waals surface area contributed by atoms with Gasteiger partial charge in [-0.3, -0.25) is 15.1 Å². The highest BCUT2D eigenvalue weighted by atomic mass is 35.5. The van der Waals surface area contributed by atoms with Crippen molar-refractivity contribution in [3.8, 4) is 5.75 Å². The molecule has 23 heavy (non-hydrogen) atoms. The predicted molar refractivity (Wildman–Crippen MR) is 82.8 cm³/mol. The van der Waals surface area contributed by atoms with Crippen LogP contribution in [0.5, 0.6) is 5.75 Å². The molecule has 0 bridgehead atoms. The van der Waals surface area contributed by atoms with E-state index in [1.807, 2.05) is 5.32 Å². The third-order valence-corrected chi connectivity index (χ3v) is 3.42. The van der Waals surface area contributed by atoms with Crippen molar-refractivity contribution in [2.45, 2.75) is 26.0 Å². The van der Waals surface area contributed by atoms with Crippen LogP contribution in [0, 0.1) is 0 Å². The van der Waals surface area contributed by atoms with Crippen molar-refractivity contribution in [1.29, 1.82) is 0 Å². The molecule has 124 valence electrons. The second-order valence-electron chi connectivity index (χ2n) is 4.94. The molecule has 0 spiro atoms. The molecule has 1 atom stereocenters. The van der Waals surface area contributed by atoms with Crippen LogP contribution in [0.25, 0.3) is 0 Å². The first-order valence-corrected chi connectivity index (χ1v) is 7.25. The first kappa shape index (κ1) is 17.2. The number of ether oxygens (including phenoxy) is 1. The van der Waals surface area contributed by atoms with Gasteiger partial charge in [-0.25, -0.2) is 15.0 Å². The lowest BCUT2D eigenvalue weighted by molar-refractivity contribution is -0.143. The third kappa shape index (κ3) is 3.59. The number of hydrazine groups is 1. The van der Waals surface area contributed by atoms with Gasteiger partial charge in [-0.2, -0.15) is 0 Å². The molecule has 1 saturated heterocycles. The third-order valence-electron chi connectivity index (χ3n) is 2.82. The first-order valence-electron chi connectivity index (χ1n) is 6.50. The summed E-state index contributed by atoms with van der Waals surface area (Å²) in [5.74, 6) is -2.20. The summed E-state index contributed by atoms with van der Waals surface area (Å²) in [7, 11) is 0. The van der Waals surface area contributed by atoms with Crippen LogP contribution in [-0.4, -0.2) is 35.2 Å². The minimum atomic E-state index is -1.68. The number of hydrogen-bond acceptors (Lipinski definition) is 5. The Morgan fingerprint density at radius 2 is 1.96 bits per heavy atom. The summed E-state index contributed by atoms with van der Waals surface area (Å²) in [6.45, 7) is 3.56. The van der Waals surface area contributed by atoms with Gasteiger partial charge in [0.15, 0.2) is 0 Å². The van der Waals surface area contributed by atoms with E-state index in [0.29, 0.717) is 0 Å². The van der Waals surface area contributed by atoms with Crippen LogP contribution >= 0.6 is 23.2 Å². The smallest absolute Gasteiger partial charge is 0.340 e. The van der Waals surface area contributed by atoms with Crippen molar-refractivity contribution in [2.24, 2.45) is 0 Å². The quantitative estimate of drug-likeness (QED) is 0.705. The lowest BCUT2D eigenvalue weighted by atomic mass is 10.2. The summed E-state index contributed by atoms with van der Waals surface area (Å²) in [6, 6.07) is 0.149. The minimum absolute atomic E-state index is 0.0485. The van der Waals surface area contributed by atoms with Crippen LogP contribution in [0.2, 0.25) is 10.0 Å². The number of rotatable bonds is 4. The molecule has 3 amide bonds. The minimum Gasteiger partial charge on any atom is -0.489 e. The van der Waals surface area contributed by atoms with Gasteiger partial charge in [0.2, 0.25) is 6.04 Å². The van der Waals surface area contributed by atoms with Crippen LogP contribution < -0.4 is 20.5 Å². The first-order chi connectivity index (χ1) is 10.7. The number of nitrogens with zero attached hydrogens (tertiary/aromatic N) is 1. The number of carbonyl (C=O) groups is 3. The van der Waals surface area contributed by atoms with Gasteiger partial charge < -0.3 is 9.84 Å². The molecule has 1 aliphatic heterocycles. The van der Waals surface area contributed by atoms with E-state index in [9.17, 15) is 19.5 Å². The Bertz CT molecular complexity index is 680. The monoisotopic (exact) mass is 361 g/mol. The standard InChI is InChI=1S/C13H13Cl2N3O5/c1-5(2)23-9-4-8(6(14)3-7(9)15)18-10(12(20)21)11(19)16-13(22)17-18/h3-5,10H,1-2H3,(H,20,21)(H2,16,17,19,22). The van der Waals surface area contributed by atoms with Gasteiger partial charge >= 0.3 is 12.0 Å². The van der Waals surface area contributed by atoms with Gasteiger partial charge in [-0.05, 0) is 19.9 Å². The Morgan fingerprint density at radius 1 is 1.30 bits per heavy atom. The van der Waals surface area contributed by atoms with E-state index in [2.05, 4.69) is 5.43 Å². The van der Waals surface area contributed by atoms with Gasteiger partial charge in [-0.15, -0.1) is 0 Å².